The highest BCUT2D eigenvalue weighted by Crippen LogP contribution is 2.18. The van der Waals surface area contributed by atoms with Crippen molar-refractivity contribution in [1.82, 2.24) is 20.3 Å². The zero-order valence-electron chi connectivity index (χ0n) is 14.4. The van der Waals surface area contributed by atoms with Crippen molar-refractivity contribution in [2.24, 2.45) is 0 Å². The normalized spacial score (nSPS) is 17.0. The quantitative estimate of drug-likeness (QED) is 0.673. The summed E-state index contributed by atoms with van der Waals surface area (Å²) in [5.41, 5.74) is 0.818. The molecule has 0 amide bonds. The molecule has 0 saturated carbocycles. The molecule has 9 heteroatoms. The van der Waals surface area contributed by atoms with Gasteiger partial charge in [-0.1, -0.05) is 18.2 Å². The predicted molar refractivity (Wildman–Crippen MR) is 93.6 cm³/mol. The van der Waals surface area contributed by atoms with Gasteiger partial charge in [0.15, 0.2) is 5.82 Å². The van der Waals surface area contributed by atoms with Crippen molar-refractivity contribution in [2.75, 3.05) is 7.05 Å². The van der Waals surface area contributed by atoms with Gasteiger partial charge in [-0.15, -0.1) is 5.06 Å². The molecular weight excluding hydrogens is 356 g/mol. The Morgan fingerprint density at radius 3 is 2.81 bits per heavy atom. The molecular formula is C18H17F2N5O2. The van der Waals surface area contributed by atoms with Gasteiger partial charge in [0.2, 0.25) is 5.82 Å². The first-order valence-electron chi connectivity index (χ1n) is 8.01. The number of rotatable bonds is 6. The maximum absolute atomic E-state index is 13.9. The lowest BCUT2D eigenvalue weighted by Crippen LogP contribution is -2.33. The molecule has 1 aliphatic heterocycles. The van der Waals surface area contributed by atoms with Gasteiger partial charge < -0.3 is 15.3 Å². The molecule has 0 spiro atoms. The van der Waals surface area contributed by atoms with Crippen LogP contribution in [0.15, 0.2) is 54.6 Å². The van der Waals surface area contributed by atoms with Gasteiger partial charge in [0.05, 0.1) is 6.20 Å². The number of nitrogens with zero attached hydrogens (tertiary/aromatic N) is 3. The minimum Gasteiger partial charge on any atom is -0.491 e. The summed E-state index contributed by atoms with van der Waals surface area (Å²) < 4.78 is 27.0. The average molecular weight is 373 g/mol. The van der Waals surface area contributed by atoms with E-state index in [0.29, 0.717) is 11.3 Å². The van der Waals surface area contributed by atoms with Crippen LogP contribution in [0.2, 0.25) is 0 Å². The summed E-state index contributed by atoms with van der Waals surface area (Å²) in [5, 5.41) is 22.2. The molecule has 0 radical (unpaired) electrons. The van der Waals surface area contributed by atoms with Crippen molar-refractivity contribution < 1.29 is 18.7 Å². The highest BCUT2D eigenvalue weighted by molar-refractivity contribution is 6.04. The number of benzene rings is 1. The van der Waals surface area contributed by atoms with E-state index in [1.807, 2.05) is 0 Å². The minimum atomic E-state index is -0.972. The summed E-state index contributed by atoms with van der Waals surface area (Å²) in [6.45, 7) is 0.180. The lowest BCUT2D eigenvalue weighted by molar-refractivity contribution is -0.0713. The molecule has 3 rings (SSSR count). The number of nitrogens with one attached hydrogen (secondary N) is 2. The molecule has 2 aromatic rings. The first-order valence-corrected chi connectivity index (χ1v) is 8.01. The number of halogens is 2. The van der Waals surface area contributed by atoms with Crippen LogP contribution >= 0.6 is 0 Å². The molecule has 3 N–H and O–H groups in total. The van der Waals surface area contributed by atoms with Crippen LogP contribution in [0.1, 0.15) is 11.4 Å². The molecule has 1 atom stereocenters. The summed E-state index contributed by atoms with van der Waals surface area (Å²) in [5.74, 6) is -2.30. The number of aromatic hydroxyl groups is 1. The van der Waals surface area contributed by atoms with E-state index in [0.717, 1.165) is 6.20 Å². The summed E-state index contributed by atoms with van der Waals surface area (Å²) in [6.07, 6.45) is 5.45. The van der Waals surface area contributed by atoms with E-state index in [9.17, 15) is 13.9 Å². The zero-order valence-corrected chi connectivity index (χ0v) is 14.4. The molecule has 7 nitrogen and oxygen atoms in total. The lowest BCUT2D eigenvalue weighted by Gasteiger charge is -2.22. The van der Waals surface area contributed by atoms with Crippen LogP contribution in [0.5, 0.6) is 5.88 Å². The van der Waals surface area contributed by atoms with Crippen LogP contribution in [0.25, 0.3) is 0 Å². The third-order valence-electron chi connectivity index (χ3n) is 3.91. The van der Waals surface area contributed by atoms with Crippen molar-refractivity contribution in [3.8, 4) is 5.88 Å². The third kappa shape index (κ3) is 4.26. The van der Waals surface area contributed by atoms with Crippen LogP contribution < -0.4 is 5.32 Å². The molecule has 1 aliphatic rings. The van der Waals surface area contributed by atoms with Crippen molar-refractivity contribution in [3.05, 3.63) is 77.6 Å². The fourth-order valence-electron chi connectivity index (χ4n) is 2.48. The van der Waals surface area contributed by atoms with E-state index in [1.165, 1.54) is 23.5 Å². The topological polar surface area (TPSA) is 94.4 Å². The Kier molecular flexibility index (Phi) is 5.41. The van der Waals surface area contributed by atoms with Crippen molar-refractivity contribution in [1.29, 1.82) is 5.41 Å². The van der Waals surface area contributed by atoms with Gasteiger partial charge in [-0.25, -0.2) is 9.37 Å². The number of hydroxylamine groups is 2. The Hall–Kier alpha value is -3.33. The Bertz CT molecular complexity index is 916. The standard InChI is InChI=1S/C18H17F2N5O2/c1-25-16(6-7-27-25)15(22-9-11-4-2-3-5-12(11)19)8-14(21)17-23-10-13(20)18(26)24-17/h2-8,10,16,21-22H,9H2,1H3,(H,23,24,26)/b15-8-,21-14?. The largest absolute Gasteiger partial charge is 0.491 e. The van der Waals surface area contributed by atoms with E-state index in [-0.39, 0.29) is 29.9 Å². The molecule has 27 heavy (non-hydrogen) atoms. The van der Waals surface area contributed by atoms with Crippen LogP contribution in [-0.2, 0) is 11.4 Å². The predicted octanol–water partition coefficient (Wildman–Crippen LogP) is 2.26. The molecule has 140 valence electrons. The molecule has 1 unspecified atom stereocenters. The number of hydrogen-bond donors (Lipinski definition) is 3. The number of likely N-dealkylation sites (N-methyl/N-ethyl adjacent to an activating group) is 1. The van der Waals surface area contributed by atoms with E-state index < -0.39 is 11.7 Å². The number of allylic oxidation sites excluding steroid dienone is 1. The van der Waals surface area contributed by atoms with Gasteiger partial charge in [-0.05, 0) is 18.2 Å². The second-order valence-corrected chi connectivity index (χ2v) is 5.75. The molecule has 0 saturated heterocycles. The van der Waals surface area contributed by atoms with Gasteiger partial charge in [-0.2, -0.15) is 9.37 Å². The van der Waals surface area contributed by atoms with Crippen molar-refractivity contribution in [2.45, 2.75) is 12.6 Å². The van der Waals surface area contributed by atoms with Gasteiger partial charge >= 0.3 is 0 Å². The number of hydrogen-bond acceptors (Lipinski definition) is 7. The van der Waals surface area contributed by atoms with Crippen molar-refractivity contribution in [3.63, 3.8) is 0 Å². The fraction of sp³-hybridized carbons (Fsp3) is 0.167. The Balaban J connectivity index is 1.85. The Labute approximate surface area is 154 Å². The first kappa shape index (κ1) is 18.5. The second kappa shape index (κ2) is 7.92. The van der Waals surface area contributed by atoms with Gasteiger partial charge in [0.1, 0.15) is 23.8 Å². The van der Waals surface area contributed by atoms with E-state index >= 15 is 0 Å². The highest BCUT2D eigenvalue weighted by atomic mass is 19.1. The summed E-state index contributed by atoms with van der Waals surface area (Å²) in [6, 6.07) is 5.99. The summed E-state index contributed by atoms with van der Waals surface area (Å²) in [7, 11) is 1.70. The molecule has 1 aromatic carbocycles. The summed E-state index contributed by atoms with van der Waals surface area (Å²) >= 11 is 0. The van der Waals surface area contributed by atoms with Gasteiger partial charge in [-0.3, -0.25) is 5.41 Å². The lowest BCUT2D eigenvalue weighted by atomic mass is 10.1. The molecule has 2 heterocycles. The van der Waals surface area contributed by atoms with Crippen LogP contribution in [0, 0.1) is 17.0 Å². The average Bonchev–Trinajstić information content (AvgIpc) is 3.08. The van der Waals surface area contributed by atoms with Crippen LogP contribution in [0.3, 0.4) is 0 Å². The monoisotopic (exact) mass is 373 g/mol. The SMILES string of the molecule is CN1OC=CC1/C(=C/C(=N)c1ncc(F)c(O)n1)NCc1ccccc1F. The maximum atomic E-state index is 13.9. The Morgan fingerprint density at radius 2 is 2.15 bits per heavy atom. The molecule has 0 fully saturated rings. The van der Waals surface area contributed by atoms with Gasteiger partial charge in [0, 0.05) is 24.9 Å². The maximum Gasteiger partial charge on any atom is 0.251 e. The molecule has 0 bridgehead atoms. The van der Waals surface area contributed by atoms with Crippen LogP contribution in [-0.4, -0.2) is 38.9 Å². The van der Waals surface area contributed by atoms with E-state index in [2.05, 4.69) is 15.3 Å². The minimum absolute atomic E-state index is 0.148. The van der Waals surface area contributed by atoms with E-state index in [1.54, 1.807) is 31.3 Å². The highest BCUT2D eigenvalue weighted by Gasteiger charge is 2.23. The second-order valence-electron chi connectivity index (χ2n) is 5.75. The molecule has 1 aromatic heterocycles. The van der Waals surface area contributed by atoms with Gasteiger partial charge in [0.25, 0.3) is 5.88 Å². The zero-order chi connectivity index (χ0) is 19.4. The smallest absolute Gasteiger partial charge is 0.251 e. The first-order chi connectivity index (χ1) is 13.0. The molecule has 0 aliphatic carbocycles. The Morgan fingerprint density at radius 1 is 1.37 bits per heavy atom. The third-order valence-corrected chi connectivity index (χ3v) is 3.91. The van der Waals surface area contributed by atoms with Crippen LogP contribution in [0.4, 0.5) is 8.78 Å². The summed E-state index contributed by atoms with van der Waals surface area (Å²) in [4.78, 5) is 12.5. The van der Waals surface area contributed by atoms with Crippen molar-refractivity contribution >= 4 is 5.71 Å². The number of aromatic nitrogens is 2. The van der Waals surface area contributed by atoms with E-state index in [4.69, 9.17) is 10.2 Å². The fourth-order valence-corrected chi connectivity index (χ4v) is 2.48.